The van der Waals surface area contributed by atoms with E-state index in [1.54, 1.807) is 0 Å². The van der Waals surface area contributed by atoms with Gasteiger partial charge in [0.2, 0.25) is 0 Å². The lowest BCUT2D eigenvalue weighted by molar-refractivity contribution is 0.0116. The van der Waals surface area contributed by atoms with Gasteiger partial charge in [-0.3, -0.25) is 4.90 Å². The third-order valence-electron chi connectivity index (χ3n) is 4.48. The summed E-state index contributed by atoms with van der Waals surface area (Å²) in [6.45, 7) is 16.7. The highest BCUT2D eigenvalue weighted by atomic mass is 16.5. The largest absolute Gasteiger partial charge is 0.379 e. The summed E-state index contributed by atoms with van der Waals surface area (Å²) in [6.07, 6.45) is 2.53. The van der Waals surface area contributed by atoms with Gasteiger partial charge in [-0.2, -0.15) is 0 Å². The van der Waals surface area contributed by atoms with E-state index in [0.717, 1.165) is 44.7 Å². The van der Waals surface area contributed by atoms with Crippen LogP contribution < -0.4 is 5.32 Å². The summed E-state index contributed by atoms with van der Waals surface area (Å²) in [7, 11) is 0. The van der Waals surface area contributed by atoms with Crippen molar-refractivity contribution in [2.75, 3.05) is 32.8 Å². The van der Waals surface area contributed by atoms with E-state index in [9.17, 15) is 0 Å². The van der Waals surface area contributed by atoms with Crippen molar-refractivity contribution in [2.24, 2.45) is 11.8 Å². The molecule has 0 bridgehead atoms. The predicted octanol–water partition coefficient (Wildman–Crippen LogP) is 2.76. The first-order valence-corrected chi connectivity index (χ1v) is 8.09. The van der Waals surface area contributed by atoms with Gasteiger partial charge < -0.3 is 10.1 Å². The normalized spacial score (nSPS) is 22.4. The molecule has 0 aromatic carbocycles. The summed E-state index contributed by atoms with van der Waals surface area (Å²) in [5.41, 5.74) is 0. The van der Waals surface area contributed by atoms with Crippen LogP contribution in [0.25, 0.3) is 0 Å². The van der Waals surface area contributed by atoms with Crippen molar-refractivity contribution in [1.29, 1.82) is 0 Å². The highest BCUT2D eigenvalue weighted by molar-refractivity contribution is 4.79. The quantitative estimate of drug-likeness (QED) is 0.734. The highest BCUT2D eigenvalue weighted by Crippen LogP contribution is 2.14. The van der Waals surface area contributed by atoms with Crippen molar-refractivity contribution >= 4 is 0 Å². The molecule has 0 radical (unpaired) electrons. The lowest BCUT2D eigenvalue weighted by Crippen LogP contribution is -2.50. The molecule has 0 spiro atoms. The molecule has 1 rings (SSSR count). The summed E-state index contributed by atoms with van der Waals surface area (Å²) >= 11 is 0. The summed E-state index contributed by atoms with van der Waals surface area (Å²) in [6, 6.07) is 1.27. The van der Waals surface area contributed by atoms with Crippen LogP contribution in [0.3, 0.4) is 0 Å². The zero-order valence-electron chi connectivity index (χ0n) is 13.6. The number of nitrogens with zero attached hydrogens (tertiary/aromatic N) is 1. The maximum atomic E-state index is 5.47. The van der Waals surface area contributed by atoms with Gasteiger partial charge in [0, 0.05) is 31.7 Å². The van der Waals surface area contributed by atoms with Crippen molar-refractivity contribution in [2.45, 2.75) is 59.5 Å². The Labute approximate surface area is 120 Å². The number of nitrogens with one attached hydrogen (secondary N) is 1. The molecule has 3 heteroatoms. The average Bonchev–Trinajstić information content (AvgIpc) is 2.42. The fourth-order valence-electron chi connectivity index (χ4n) is 2.72. The molecule has 0 saturated carbocycles. The fourth-order valence-corrected chi connectivity index (χ4v) is 2.72. The monoisotopic (exact) mass is 270 g/mol. The minimum Gasteiger partial charge on any atom is -0.379 e. The molecule has 3 atom stereocenters. The van der Waals surface area contributed by atoms with Crippen molar-refractivity contribution in [3.63, 3.8) is 0 Å². The Morgan fingerprint density at radius 1 is 1.11 bits per heavy atom. The standard InChI is InChI=1S/C16H34N2O/c1-6-14(4)15(5)17-12-16(11-13(2)3)18-7-9-19-10-8-18/h13-17H,6-12H2,1-5H3. The van der Waals surface area contributed by atoms with Gasteiger partial charge in [0.05, 0.1) is 13.2 Å². The van der Waals surface area contributed by atoms with Crippen LogP contribution in [-0.4, -0.2) is 49.8 Å². The van der Waals surface area contributed by atoms with Crippen LogP contribution >= 0.6 is 0 Å². The van der Waals surface area contributed by atoms with Gasteiger partial charge in [0.15, 0.2) is 0 Å². The van der Waals surface area contributed by atoms with Crippen molar-refractivity contribution in [1.82, 2.24) is 10.2 Å². The van der Waals surface area contributed by atoms with Crippen LogP contribution in [0.2, 0.25) is 0 Å². The predicted molar refractivity (Wildman–Crippen MR) is 82.6 cm³/mol. The second kappa shape index (κ2) is 8.93. The Hall–Kier alpha value is -0.120. The van der Waals surface area contributed by atoms with E-state index in [1.807, 2.05) is 0 Å². The number of morpholine rings is 1. The van der Waals surface area contributed by atoms with Gasteiger partial charge in [0.1, 0.15) is 0 Å². The van der Waals surface area contributed by atoms with E-state index in [4.69, 9.17) is 4.74 Å². The molecule has 1 fully saturated rings. The van der Waals surface area contributed by atoms with E-state index in [0.29, 0.717) is 12.1 Å². The van der Waals surface area contributed by atoms with Crippen LogP contribution in [0.5, 0.6) is 0 Å². The minimum atomic E-state index is 0.612. The Balaban J connectivity index is 2.44. The first-order chi connectivity index (χ1) is 9.04. The third kappa shape index (κ3) is 6.24. The smallest absolute Gasteiger partial charge is 0.0594 e. The van der Waals surface area contributed by atoms with Crippen LogP contribution in [0.4, 0.5) is 0 Å². The Bertz CT molecular complexity index is 227. The molecule has 0 aromatic heterocycles. The Morgan fingerprint density at radius 3 is 2.26 bits per heavy atom. The molecule has 0 amide bonds. The van der Waals surface area contributed by atoms with Crippen LogP contribution in [0.15, 0.2) is 0 Å². The van der Waals surface area contributed by atoms with Gasteiger partial charge in [0.25, 0.3) is 0 Å². The second-order valence-electron chi connectivity index (χ2n) is 6.51. The second-order valence-corrected chi connectivity index (χ2v) is 6.51. The van der Waals surface area contributed by atoms with Crippen LogP contribution in [-0.2, 0) is 4.74 Å². The molecular formula is C16H34N2O. The zero-order chi connectivity index (χ0) is 14.3. The molecule has 0 aliphatic carbocycles. The topological polar surface area (TPSA) is 24.5 Å². The Morgan fingerprint density at radius 2 is 1.74 bits per heavy atom. The maximum Gasteiger partial charge on any atom is 0.0594 e. The van der Waals surface area contributed by atoms with Gasteiger partial charge in [-0.05, 0) is 25.2 Å². The van der Waals surface area contributed by atoms with Crippen LogP contribution in [0, 0.1) is 11.8 Å². The zero-order valence-corrected chi connectivity index (χ0v) is 13.6. The lowest BCUT2D eigenvalue weighted by atomic mass is 9.98. The molecule has 114 valence electrons. The van der Waals surface area contributed by atoms with E-state index in [2.05, 4.69) is 44.8 Å². The number of hydrogen-bond acceptors (Lipinski definition) is 3. The van der Waals surface area contributed by atoms with E-state index < -0.39 is 0 Å². The summed E-state index contributed by atoms with van der Waals surface area (Å²) in [4.78, 5) is 2.61. The molecule has 19 heavy (non-hydrogen) atoms. The molecule has 1 saturated heterocycles. The summed E-state index contributed by atoms with van der Waals surface area (Å²) < 4.78 is 5.47. The molecule has 1 aliphatic heterocycles. The van der Waals surface area contributed by atoms with Gasteiger partial charge >= 0.3 is 0 Å². The van der Waals surface area contributed by atoms with E-state index in [1.165, 1.54) is 12.8 Å². The lowest BCUT2D eigenvalue weighted by Gasteiger charge is -2.36. The molecule has 3 unspecified atom stereocenters. The maximum absolute atomic E-state index is 5.47. The first kappa shape index (κ1) is 16.9. The van der Waals surface area contributed by atoms with E-state index >= 15 is 0 Å². The highest BCUT2D eigenvalue weighted by Gasteiger charge is 2.22. The van der Waals surface area contributed by atoms with Gasteiger partial charge in [-0.15, -0.1) is 0 Å². The summed E-state index contributed by atoms with van der Waals surface area (Å²) in [5, 5.41) is 3.75. The van der Waals surface area contributed by atoms with Gasteiger partial charge in [-0.1, -0.05) is 34.1 Å². The first-order valence-electron chi connectivity index (χ1n) is 8.09. The molecule has 3 nitrogen and oxygen atoms in total. The van der Waals surface area contributed by atoms with Crippen molar-refractivity contribution in [3.05, 3.63) is 0 Å². The molecule has 0 aromatic rings. The van der Waals surface area contributed by atoms with Gasteiger partial charge in [-0.25, -0.2) is 0 Å². The number of hydrogen-bond donors (Lipinski definition) is 1. The number of rotatable bonds is 8. The minimum absolute atomic E-state index is 0.612. The Kier molecular flexibility index (Phi) is 7.96. The molecule has 1 N–H and O–H groups in total. The third-order valence-corrected chi connectivity index (χ3v) is 4.48. The van der Waals surface area contributed by atoms with E-state index in [-0.39, 0.29) is 0 Å². The SMILES string of the molecule is CCC(C)C(C)NCC(CC(C)C)N1CCOCC1. The molecular weight excluding hydrogens is 236 g/mol. The molecule has 1 heterocycles. The average molecular weight is 270 g/mol. The van der Waals surface area contributed by atoms with Crippen LogP contribution in [0.1, 0.15) is 47.5 Å². The van der Waals surface area contributed by atoms with Crippen molar-refractivity contribution in [3.8, 4) is 0 Å². The molecule has 1 aliphatic rings. The fraction of sp³-hybridized carbons (Fsp3) is 1.00. The summed E-state index contributed by atoms with van der Waals surface area (Å²) in [5.74, 6) is 1.51. The van der Waals surface area contributed by atoms with Crippen molar-refractivity contribution < 1.29 is 4.74 Å². The number of ether oxygens (including phenoxy) is 1.